The predicted octanol–water partition coefficient (Wildman–Crippen LogP) is 5.76. The minimum atomic E-state index is -2.22. The Morgan fingerprint density at radius 3 is 1.69 bits per heavy atom. The van der Waals surface area contributed by atoms with Crippen LogP contribution in [0.15, 0.2) is 53.6 Å². The van der Waals surface area contributed by atoms with Crippen LogP contribution in [0.3, 0.4) is 0 Å². The van der Waals surface area contributed by atoms with E-state index in [0.717, 1.165) is 5.01 Å². The molecule has 0 fully saturated rings. The van der Waals surface area contributed by atoms with Crippen LogP contribution in [0.4, 0.5) is 27.6 Å². The van der Waals surface area contributed by atoms with Crippen molar-refractivity contribution >= 4 is 11.4 Å². The summed E-state index contributed by atoms with van der Waals surface area (Å²) in [6, 6.07) is 12.5. The number of hydrazone groups is 1. The van der Waals surface area contributed by atoms with Gasteiger partial charge in [0.05, 0.1) is 26.0 Å². The maximum absolute atomic E-state index is 14.6. The summed E-state index contributed by atoms with van der Waals surface area (Å²) in [6.45, 7) is 0. The van der Waals surface area contributed by atoms with E-state index in [1.54, 1.807) is 48.5 Å². The molecule has 3 aromatic rings. The fraction of sp³-hybridized carbons (Fsp3) is 0.174. The second-order valence-corrected chi connectivity index (χ2v) is 7.03. The summed E-state index contributed by atoms with van der Waals surface area (Å²) in [7, 11) is 2.99. The molecule has 9 heteroatoms. The third kappa shape index (κ3) is 3.63. The molecule has 0 aromatic heterocycles. The van der Waals surface area contributed by atoms with E-state index in [4.69, 9.17) is 9.47 Å². The van der Waals surface area contributed by atoms with Crippen molar-refractivity contribution in [2.45, 2.75) is 12.5 Å². The van der Waals surface area contributed by atoms with Crippen LogP contribution in [0.2, 0.25) is 0 Å². The van der Waals surface area contributed by atoms with Crippen molar-refractivity contribution in [3.05, 3.63) is 88.7 Å². The van der Waals surface area contributed by atoms with E-state index >= 15 is 0 Å². The van der Waals surface area contributed by atoms with E-state index < -0.39 is 40.8 Å². The van der Waals surface area contributed by atoms with Gasteiger partial charge in [0.15, 0.2) is 23.3 Å². The topological polar surface area (TPSA) is 34.1 Å². The lowest BCUT2D eigenvalue weighted by molar-refractivity contribution is 0.377. The summed E-state index contributed by atoms with van der Waals surface area (Å²) < 4.78 is 80.9. The summed E-state index contributed by atoms with van der Waals surface area (Å²) in [5, 5.41) is 5.11. The van der Waals surface area contributed by atoms with Crippen molar-refractivity contribution in [1.82, 2.24) is 0 Å². The van der Waals surface area contributed by atoms with Gasteiger partial charge in [-0.1, -0.05) is 12.1 Å². The molecule has 0 amide bonds. The van der Waals surface area contributed by atoms with Crippen LogP contribution in [-0.2, 0) is 0 Å². The Kier molecular flexibility index (Phi) is 5.73. The zero-order valence-electron chi connectivity index (χ0n) is 17.0. The molecule has 1 aliphatic heterocycles. The van der Waals surface area contributed by atoms with Crippen LogP contribution in [0.5, 0.6) is 11.5 Å². The first-order chi connectivity index (χ1) is 15.3. The van der Waals surface area contributed by atoms with Gasteiger partial charge >= 0.3 is 0 Å². The van der Waals surface area contributed by atoms with E-state index in [9.17, 15) is 22.0 Å². The van der Waals surface area contributed by atoms with Crippen molar-refractivity contribution in [2.24, 2.45) is 5.10 Å². The van der Waals surface area contributed by atoms with Gasteiger partial charge in [-0.05, 0) is 47.5 Å². The second kappa shape index (κ2) is 8.49. The molecule has 0 bridgehead atoms. The molecule has 0 aliphatic carbocycles. The average molecular weight is 448 g/mol. The first kappa shape index (κ1) is 21.6. The zero-order valence-corrected chi connectivity index (χ0v) is 17.0. The summed E-state index contributed by atoms with van der Waals surface area (Å²) in [4.78, 5) is 0. The highest BCUT2D eigenvalue weighted by atomic mass is 19.2. The van der Waals surface area contributed by atoms with Crippen LogP contribution >= 0.6 is 0 Å². The number of methoxy groups -OCH3 is 2. The number of anilines is 1. The van der Waals surface area contributed by atoms with Gasteiger partial charge in [0.1, 0.15) is 17.2 Å². The SMILES string of the molecule is COc1ccc(C2=NN(c3c(F)c(F)c(F)c(F)c3F)C(c3ccc(OC)cc3)C2)cc1. The normalized spacial score (nSPS) is 15.7. The molecule has 1 aliphatic rings. The molecular weight excluding hydrogens is 431 g/mol. The van der Waals surface area contributed by atoms with E-state index in [1.807, 2.05) is 0 Å². The molecule has 1 unspecified atom stereocenters. The van der Waals surface area contributed by atoms with Crippen LogP contribution in [0.25, 0.3) is 0 Å². The highest BCUT2D eigenvalue weighted by Crippen LogP contribution is 2.41. The highest BCUT2D eigenvalue weighted by molar-refractivity contribution is 6.03. The molecule has 0 saturated carbocycles. The number of hydrogen-bond acceptors (Lipinski definition) is 4. The van der Waals surface area contributed by atoms with Crippen molar-refractivity contribution in [3.8, 4) is 11.5 Å². The van der Waals surface area contributed by atoms with E-state index in [1.165, 1.54) is 14.2 Å². The summed E-state index contributed by atoms with van der Waals surface area (Å²) in [6.07, 6.45) is 0.165. The monoisotopic (exact) mass is 448 g/mol. The maximum Gasteiger partial charge on any atom is 0.200 e. The fourth-order valence-corrected chi connectivity index (χ4v) is 3.55. The maximum atomic E-state index is 14.6. The van der Waals surface area contributed by atoms with Gasteiger partial charge in [-0.2, -0.15) is 5.10 Å². The van der Waals surface area contributed by atoms with Gasteiger partial charge in [0.25, 0.3) is 0 Å². The molecule has 0 N–H and O–H groups in total. The lowest BCUT2D eigenvalue weighted by Crippen LogP contribution is -2.22. The Morgan fingerprint density at radius 1 is 0.719 bits per heavy atom. The first-order valence-corrected chi connectivity index (χ1v) is 9.52. The molecule has 0 spiro atoms. The molecule has 1 atom stereocenters. The third-order valence-corrected chi connectivity index (χ3v) is 5.25. The van der Waals surface area contributed by atoms with Crippen LogP contribution in [0.1, 0.15) is 23.6 Å². The van der Waals surface area contributed by atoms with E-state index in [-0.39, 0.29) is 6.42 Å². The Morgan fingerprint density at radius 2 is 1.19 bits per heavy atom. The molecular formula is C23H17F5N2O2. The second-order valence-electron chi connectivity index (χ2n) is 7.03. The smallest absolute Gasteiger partial charge is 0.200 e. The van der Waals surface area contributed by atoms with Crippen LogP contribution in [0, 0.1) is 29.1 Å². The molecule has 3 aromatic carbocycles. The van der Waals surface area contributed by atoms with E-state index in [0.29, 0.717) is 28.3 Å². The van der Waals surface area contributed by atoms with Crippen LogP contribution in [-0.4, -0.2) is 19.9 Å². The summed E-state index contributed by atoms with van der Waals surface area (Å²) in [5.41, 5.74) is 0.487. The Bertz CT molecular complexity index is 1150. The largest absolute Gasteiger partial charge is 0.497 e. The average Bonchev–Trinajstić information content (AvgIpc) is 3.26. The number of halogens is 5. The zero-order chi connectivity index (χ0) is 23.0. The molecule has 4 nitrogen and oxygen atoms in total. The number of nitrogens with zero attached hydrogens (tertiary/aromatic N) is 2. The van der Waals surface area contributed by atoms with Crippen LogP contribution < -0.4 is 14.5 Å². The molecule has 166 valence electrons. The molecule has 4 rings (SSSR count). The first-order valence-electron chi connectivity index (χ1n) is 9.52. The quantitative estimate of drug-likeness (QED) is 0.283. The van der Waals surface area contributed by atoms with Gasteiger partial charge in [-0.3, -0.25) is 5.01 Å². The third-order valence-electron chi connectivity index (χ3n) is 5.25. The van der Waals surface area contributed by atoms with Gasteiger partial charge in [0.2, 0.25) is 5.82 Å². The lowest BCUT2D eigenvalue weighted by atomic mass is 9.98. The Balaban J connectivity index is 1.85. The Labute approximate surface area is 180 Å². The van der Waals surface area contributed by atoms with Crippen molar-refractivity contribution in [1.29, 1.82) is 0 Å². The Hall–Kier alpha value is -3.62. The molecule has 1 heterocycles. The van der Waals surface area contributed by atoms with Gasteiger partial charge < -0.3 is 9.47 Å². The minimum absolute atomic E-state index is 0.165. The standard InChI is InChI=1S/C23H17F5N2O2/c1-31-14-7-3-12(4-8-14)16-11-17(13-5-9-15(32-2)10-6-13)30(29-16)23-21(27)19(25)18(24)20(26)22(23)28/h3-10,17H,11H2,1-2H3. The van der Waals surface area contributed by atoms with Gasteiger partial charge in [-0.15, -0.1) is 0 Å². The fourth-order valence-electron chi connectivity index (χ4n) is 3.55. The lowest BCUT2D eigenvalue weighted by Gasteiger charge is -2.25. The number of benzene rings is 3. The summed E-state index contributed by atoms with van der Waals surface area (Å²) >= 11 is 0. The summed E-state index contributed by atoms with van der Waals surface area (Å²) in [5.74, 6) is -9.02. The van der Waals surface area contributed by atoms with Crippen molar-refractivity contribution in [2.75, 3.05) is 19.2 Å². The number of hydrogen-bond donors (Lipinski definition) is 0. The van der Waals surface area contributed by atoms with Crippen molar-refractivity contribution < 1.29 is 31.4 Å². The molecule has 32 heavy (non-hydrogen) atoms. The molecule has 0 saturated heterocycles. The number of ether oxygens (including phenoxy) is 2. The van der Waals surface area contributed by atoms with Gasteiger partial charge in [0, 0.05) is 6.42 Å². The van der Waals surface area contributed by atoms with Crippen molar-refractivity contribution in [3.63, 3.8) is 0 Å². The van der Waals surface area contributed by atoms with E-state index in [2.05, 4.69) is 5.10 Å². The van der Waals surface area contributed by atoms with Gasteiger partial charge in [-0.25, -0.2) is 22.0 Å². The number of rotatable bonds is 5. The minimum Gasteiger partial charge on any atom is -0.497 e. The predicted molar refractivity (Wildman–Crippen MR) is 109 cm³/mol. The highest BCUT2D eigenvalue weighted by Gasteiger charge is 2.37. The molecule has 0 radical (unpaired) electrons.